The Bertz CT molecular complexity index is 1510. The maximum absolute atomic E-state index is 15.9. The highest BCUT2D eigenvalue weighted by molar-refractivity contribution is 7.92. The summed E-state index contributed by atoms with van der Waals surface area (Å²) >= 11 is 0. The van der Waals surface area contributed by atoms with Crippen molar-refractivity contribution in [3.63, 3.8) is 0 Å². The van der Waals surface area contributed by atoms with Crippen LogP contribution in [0.4, 0.5) is 40.8 Å². The third kappa shape index (κ3) is 6.17. The van der Waals surface area contributed by atoms with Crippen molar-refractivity contribution >= 4 is 27.9 Å². The molecule has 1 saturated carbocycles. The van der Waals surface area contributed by atoms with Crippen molar-refractivity contribution in [3.8, 4) is 0 Å². The van der Waals surface area contributed by atoms with E-state index in [1.807, 2.05) is 13.8 Å². The Balaban J connectivity index is 0.00000114. The summed E-state index contributed by atoms with van der Waals surface area (Å²) in [5, 5.41) is 6.89. The van der Waals surface area contributed by atoms with Crippen molar-refractivity contribution in [1.82, 2.24) is 4.90 Å². The number of likely N-dealkylation sites (tertiary alicyclic amines) is 1. The number of anilines is 1. The van der Waals surface area contributed by atoms with Gasteiger partial charge in [-0.25, -0.2) is 17.2 Å². The van der Waals surface area contributed by atoms with Crippen molar-refractivity contribution in [2.75, 3.05) is 25.0 Å². The number of hydrogen-bond donors (Lipinski definition) is 1. The fourth-order valence-electron chi connectivity index (χ4n) is 6.78. The summed E-state index contributed by atoms with van der Waals surface area (Å²) in [4.78, 5) is 24.2. The molecule has 2 fully saturated rings. The minimum absolute atomic E-state index is 0.0449. The molecule has 2 aromatic rings. The highest BCUT2D eigenvalue weighted by Crippen LogP contribution is 2.57. The highest BCUT2D eigenvalue weighted by atomic mass is 32.2. The summed E-state index contributed by atoms with van der Waals surface area (Å²) in [6.45, 7) is 3.18. The van der Waals surface area contributed by atoms with Gasteiger partial charge in [-0.05, 0) is 55.9 Å². The zero-order valence-corrected chi connectivity index (χ0v) is 26.7. The van der Waals surface area contributed by atoms with Crippen LogP contribution in [0, 0.1) is 0 Å². The van der Waals surface area contributed by atoms with E-state index in [2.05, 4.69) is 0 Å². The number of hydrogen-bond acceptors (Lipinski definition) is 5. The van der Waals surface area contributed by atoms with E-state index in [1.54, 1.807) is 6.07 Å². The second-order valence-corrected chi connectivity index (χ2v) is 13.6. The van der Waals surface area contributed by atoms with Crippen molar-refractivity contribution in [2.24, 2.45) is 0 Å². The van der Waals surface area contributed by atoms with Crippen LogP contribution in [0.5, 0.6) is 0 Å². The predicted molar refractivity (Wildman–Crippen MR) is 157 cm³/mol. The first-order chi connectivity index (χ1) is 21.8. The molecule has 1 amide bonds. The van der Waals surface area contributed by atoms with Crippen LogP contribution < -0.4 is 4.90 Å². The summed E-state index contributed by atoms with van der Waals surface area (Å²) in [6, 6.07) is 7.21. The molecule has 2 atom stereocenters. The van der Waals surface area contributed by atoms with Gasteiger partial charge in [-0.1, -0.05) is 50.6 Å². The molecular weight excluding hydrogens is 664 g/mol. The summed E-state index contributed by atoms with van der Waals surface area (Å²) < 4.78 is 139. The standard InChI is InChI=1S/C28H28F8N2O3S.C2H6.CH2O2/c1-37-17-22-25(42(40,41)19-8-4-2-5-9-19,14-15-38(22)23(39)24(29)12-6-3-7-13-24)20-11-10-18(16-21(20)37)26(30,27(31,32)33)28(34,35)36;1-2;2-1-3/h2,4-5,8-11,16,22H,3,6-7,12-15,17H2,1H3;1-2H3;1H,(H,2,3). The van der Waals surface area contributed by atoms with Crippen LogP contribution in [0.15, 0.2) is 53.4 Å². The molecule has 3 aliphatic rings. The molecule has 2 unspecified atom stereocenters. The lowest BCUT2D eigenvalue weighted by molar-refractivity contribution is -0.348. The second-order valence-electron chi connectivity index (χ2n) is 11.4. The van der Waals surface area contributed by atoms with Gasteiger partial charge in [-0.3, -0.25) is 9.59 Å². The Labute approximate surface area is 267 Å². The van der Waals surface area contributed by atoms with Gasteiger partial charge >= 0.3 is 18.0 Å². The molecule has 16 heteroatoms. The first-order valence-electron chi connectivity index (χ1n) is 14.9. The van der Waals surface area contributed by atoms with Crippen LogP contribution in [-0.2, 0) is 29.8 Å². The largest absolute Gasteiger partial charge is 0.483 e. The molecule has 0 radical (unpaired) electrons. The smallest absolute Gasteiger partial charge is 0.435 e. The number of sulfone groups is 1. The van der Waals surface area contributed by atoms with E-state index in [0.29, 0.717) is 25.0 Å². The maximum atomic E-state index is 15.9. The molecule has 1 N–H and O–H groups in total. The van der Waals surface area contributed by atoms with Gasteiger partial charge in [0.15, 0.2) is 15.5 Å². The van der Waals surface area contributed by atoms with Crippen LogP contribution in [0.1, 0.15) is 63.5 Å². The summed E-state index contributed by atoms with van der Waals surface area (Å²) in [7, 11) is -3.21. The normalized spacial score (nSPS) is 22.5. The van der Waals surface area contributed by atoms with Crippen LogP contribution in [0.25, 0.3) is 0 Å². The summed E-state index contributed by atoms with van der Waals surface area (Å²) in [5.41, 5.74) is -10.2. The van der Waals surface area contributed by atoms with Crippen LogP contribution >= 0.6 is 0 Å². The number of fused-ring (bicyclic) bond motifs is 3. The van der Waals surface area contributed by atoms with Crippen molar-refractivity contribution < 1.29 is 58.2 Å². The van der Waals surface area contributed by atoms with E-state index in [4.69, 9.17) is 9.90 Å². The van der Waals surface area contributed by atoms with Gasteiger partial charge in [0, 0.05) is 31.4 Å². The molecule has 0 aromatic heterocycles. The number of rotatable bonds is 4. The molecule has 47 heavy (non-hydrogen) atoms. The summed E-state index contributed by atoms with van der Waals surface area (Å²) in [6.07, 6.45) is -11.5. The predicted octanol–water partition coefficient (Wildman–Crippen LogP) is 7.10. The van der Waals surface area contributed by atoms with Crippen LogP contribution in [0.3, 0.4) is 0 Å². The third-order valence-corrected chi connectivity index (χ3v) is 11.5. The van der Waals surface area contributed by atoms with E-state index < -0.39 is 55.8 Å². The Morgan fingerprint density at radius 3 is 1.96 bits per heavy atom. The van der Waals surface area contributed by atoms with Gasteiger partial charge in [0.1, 0.15) is 4.75 Å². The molecule has 2 heterocycles. The second kappa shape index (κ2) is 13.6. The van der Waals surface area contributed by atoms with Crippen LogP contribution in [0.2, 0.25) is 0 Å². The van der Waals surface area contributed by atoms with Crippen molar-refractivity contribution in [3.05, 3.63) is 59.7 Å². The van der Waals surface area contributed by atoms with Gasteiger partial charge in [-0.15, -0.1) is 0 Å². The topological polar surface area (TPSA) is 95.0 Å². The lowest BCUT2D eigenvalue weighted by Gasteiger charge is -2.47. The van der Waals surface area contributed by atoms with E-state index >= 15 is 8.78 Å². The molecule has 0 bridgehead atoms. The Kier molecular flexibility index (Phi) is 11.0. The number of amides is 1. The van der Waals surface area contributed by atoms with E-state index in [0.717, 1.165) is 17.4 Å². The number of nitrogens with zero attached hydrogens (tertiary/aromatic N) is 2. The van der Waals surface area contributed by atoms with Crippen molar-refractivity contribution in [2.45, 2.75) is 91.7 Å². The van der Waals surface area contributed by atoms with Gasteiger partial charge in [0.25, 0.3) is 12.4 Å². The number of carbonyl (C=O) groups is 2. The molecule has 2 aliphatic heterocycles. The monoisotopic (exact) mass is 700 g/mol. The molecule has 7 nitrogen and oxygen atoms in total. The van der Waals surface area contributed by atoms with Gasteiger partial charge < -0.3 is 14.9 Å². The van der Waals surface area contributed by atoms with E-state index in [1.165, 1.54) is 36.2 Å². The SMILES string of the molecule is CC.CN1CC2N(C(=O)C3(F)CCCCC3)CCC2(S(=O)(=O)c2ccccc2)c2ccc(C(F)(C(F)(F)F)C(F)(F)F)cc21.O=CO. The quantitative estimate of drug-likeness (QED) is 0.270. The lowest BCUT2D eigenvalue weighted by atomic mass is 9.81. The molecule has 262 valence electrons. The van der Waals surface area contributed by atoms with Crippen molar-refractivity contribution in [1.29, 1.82) is 0 Å². The number of carbonyl (C=O) groups excluding carboxylic acids is 1. The molecule has 5 rings (SSSR count). The molecule has 1 saturated heterocycles. The zero-order valence-electron chi connectivity index (χ0n) is 25.8. The number of benzene rings is 2. The molecule has 0 spiro atoms. The Morgan fingerprint density at radius 2 is 1.45 bits per heavy atom. The van der Waals surface area contributed by atoms with Gasteiger partial charge in [-0.2, -0.15) is 26.3 Å². The molecular formula is C31H36F8N2O5S. The fraction of sp³-hybridized carbons (Fsp3) is 0.548. The average molecular weight is 701 g/mol. The van der Waals surface area contributed by atoms with E-state index in [9.17, 15) is 39.6 Å². The number of likely N-dealkylation sites (N-methyl/N-ethyl adjacent to an activating group) is 1. The minimum atomic E-state index is -6.37. The molecule has 1 aliphatic carbocycles. The Hall–Kier alpha value is -3.43. The first kappa shape index (κ1) is 38.0. The number of alkyl halides is 8. The Morgan fingerprint density at radius 1 is 0.915 bits per heavy atom. The minimum Gasteiger partial charge on any atom is -0.483 e. The fourth-order valence-corrected chi connectivity index (χ4v) is 9.10. The van der Waals surface area contributed by atoms with Gasteiger partial charge in [0.2, 0.25) is 0 Å². The zero-order chi connectivity index (χ0) is 35.6. The number of carboxylic acid groups (broad SMARTS) is 1. The summed E-state index contributed by atoms with van der Waals surface area (Å²) in [5.74, 6) is -0.886. The van der Waals surface area contributed by atoms with E-state index in [-0.39, 0.29) is 55.0 Å². The highest BCUT2D eigenvalue weighted by Gasteiger charge is 2.74. The average Bonchev–Trinajstić information content (AvgIpc) is 3.42. The lowest BCUT2D eigenvalue weighted by Crippen LogP contribution is -2.60. The maximum Gasteiger partial charge on any atom is 0.435 e. The van der Waals surface area contributed by atoms with Gasteiger partial charge in [0.05, 0.1) is 10.9 Å². The first-order valence-corrected chi connectivity index (χ1v) is 16.4. The third-order valence-electron chi connectivity index (χ3n) is 8.95. The number of halogens is 8. The molecule has 2 aromatic carbocycles. The van der Waals surface area contributed by atoms with Crippen LogP contribution in [-0.4, -0.2) is 75.0 Å².